The lowest BCUT2D eigenvalue weighted by Crippen LogP contribution is -2.55. The van der Waals surface area contributed by atoms with Crippen LogP contribution >= 0.6 is 0 Å². The van der Waals surface area contributed by atoms with Crippen LogP contribution in [-0.2, 0) is 22.6 Å². The minimum Gasteiger partial charge on any atom is -0.333 e. The standard InChI is InChI=1S/C42H45N3O4/c1-31-26-38(40(34-16-10-6-11-17-34)45(31)35-18-12-7-13-19-35)41(47)44-25-24-43(29-33-14-8-5-9-15-33)30-36(44)27-32-20-22-37(23-21-32)48-49-39(46)28-42(2,3)4/h5-23,26,36H,24-25,27-30H2,1-4H3. The van der Waals surface area contributed by atoms with Crippen LogP contribution in [0.2, 0.25) is 0 Å². The first kappa shape index (κ1) is 33.7. The number of aryl methyl sites for hydroxylation is 1. The number of para-hydroxylation sites is 1. The Kier molecular flexibility index (Phi) is 10.3. The van der Waals surface area contributed by atoms with E-state index in [1.807, 2.05) is 93.6 Å². The summed E-state index contributed by atoms with van der Waals surface area (Å²) in [5, 5.41) is 0. The highest BCUT2D eigenvalue weighted by Gasteiger charge is 2.34. The van der Waals surface area contributed by atoms with Crippen molar-refractivity contribution in [3.8, 4) is 22.7 Å². The molecule has 1 unspecified atom stereocenters. The van der Waals surface area contributed by atoms with Gasteiger partial charge in [0.1, 0.15) is 0 Å². The molecule has 1 aliphatic rings. The molecule has 0 radical (unpaired) electrons. The first-order chi connectivity index (χ1) is 23.6. The Hall–Kier alpha value is -5.14. The molecule has 49 heavy (non-hydrogen) atoms. The van der Waals surface area contributed by atoms with Crippen LogP contribution in [0.5, 0.6) is 5.75 Å². The van der Waals surface area contributed by atoms with E-state index < -0.39 is 5.97 Å². The number of carbonyl (C=O) groups excluding carboxylic acids is 2. The average molecular weight is 656 g/mol. The zero-order valence-corrected chi connectivity index (χ0v) is 28.8. The number of rotatable bonds is 10. The molecule has 1 amide bonds. The third-order valence-electron chi connectivity index (χ3n) is 8.85. The zero-order chi connectivity index (χ0) is 34.4. The molecule has 7 nitrogen and oxygen atoms in total. The van der Waals surface area contributed by atoms with Crippen molar-refractivity contribution in [1.82, 2.24) is 14.4 Å². The SMILES string of the molecule is Cc1cc(C(=O)N2CCN(Cc3ccccc3)CC2Cc2ccc(OOC(=O)CC(C)(C)C)cc2)c(-c2ccccc2)n1-c1ccccc1. The highest BCUT2D eigenvalue weighted by atomic mass is 17.2. The summed E-state index contributed by atoms with van der Waals surface area (Å²) < 4.78 is 2.19. The van der Waals surface area contributed by atoms with Gasteiger partial charge in [-0.25, -0.2) is 4.79 Å². The third kappa shape index (κ3) is 8.48. The summed E-state index contributed by atoms with van der Waals surface area (Å²) >= 11 is 0. The first-order valence-corrected chi connectivity index (χ1v) is 17.0. The molecule has 5 aromatic rings. The lowest BCUT2D eigenvalue weighted by Gasteiger charge is -2.42. The number of hydrogen-bond donors (Lipinski definition) is 0. The maximum atomic E-state index is 14.8. The Morgan fingerprint density at radius 2 is 1.41 bits per heavy atom. The lowest BCUT2D eigenvalue weighted by molar-refractivity contribution is -0.215. The fourth-order valence-electron chi connectivity index (χ4n) is 6.60. The summed E-state index contributed by atoms with van der Waals surface area (Å²) in [7, 11) is 0. The molecular formula is C42H45N3O4. The summed E-state index contributed by atoms with van der Waals surface area (Å²) in [4.78, 5) is 41.8. The molecule has 1 aliphatic heterocycles. The van der Waals surface area contributed by atoms with E-state index in [-0.39, 0.29) is 23.8 Å². The van der Waals surface area contributed by atoms with E-state index in [0.29, 0.717) is 24.3 Å². The Morgan fingerprint density at radius 3 is 2.06 bits per heavy atom. The second kappa shape index (κ2) is 15.0. The summed E-state index contributed by atoms with van der Waals surface area (Å²) in [6, 6.07) is 40.5. The molecule has 0 bridgehead atoms. The van der Waals surface area contributed by atoms with Gasteiger partial charge in [0.05, 0.1) is 17.7 Å². The molecule has 252 valence electrons. The van der Waals surface area contributed by atoms with Crippen LogP contribution in [-0.4, -0.2) is 51.9 Å². The molecule has 2 heterocycles. The predicted molar refractivity (Wildman–Crippen MR) is 193 cm³/mol. The quantitative estimate of drug-likeness (QED) is 0.112. The fourth-order valence-corrected chi connectivity index (χ4v) is 6.60. The molecule has 6 rings (SSSR count). The maximum Gasteiger partial charge on any atom is 0.355 e. The highest BCUT2D eigenvalue weighted by molar-refractivity contribution is 6.01. The third-order valence-corrected chi connectivity index (χ3v) is 8.85. The Morgan fingerprint density at radius 1 is 0.776 bits per heavy atom. The van der Waals surface area contributed by atoms with Crippen molar-refractivity contribution in [3.05, 3.63) is 144 Å². The second-order valence-corrected chi connectivity index (χ2v) is 14.1. The van der Waals surface area contributed by atoms with Gasteiger partial charge in [-0.15, -0.1) is 0 Å². The van der Waals surface area contributed by atoms with E-state index >= 15 is 0 Å². The monoisotopic (exact) mass is 655 g/mol. The van der Waals surface area contributed by atoms with Gasteiger partial charge < -0.3 is 9.47 Å². The van der Waals surface area contributed by atoms with Crippen molar-refractivity contribution in [2.45, 2.75) is 53.1 Å². The van der Waals surface area contributed by atoms with Crippen molar-refractivity contribution in [2.24, 2.45) is 5.41 Å². The summed E-state index contributed by atoms with van der Waals surface area (Å²) in [5.41, 5.74) is 6.77. The van der Waals surface area contributed by atoms with Crippen LogP contribution in [0.25, 0.3) is 16.9 Å². The Balaban J connectivity index is 1.28. The lowest BCUT2D eigenvalue weighted by atomic mass is 9.93. The summed E-state index contributed by atoms with van der Waals surface area (Å²) in [6.45, 7) is 11.0. The molecule has 4 aromatic carbocycles. The minimum absolute atomic E-state index is 0.0340. The van der Waals surface area contributed by atoms with Crippen LogP contribution in [0.4, 0.5) is 0 Å². The van der Waals surface area contributed by atoms with Gasteiger partial charge in [0, 0.05) is 43.6 Å². The van der Waals surface area contributed by atoms with Crippen molar-refractivity contribution < 1.29 is 19.4 Å². The summed E-state index contributed by atoms with van der Waals surface area (Å²) in [5.74, 6) is 0.0860. The number of piperazine rings is 1. The van der Waals surface area contributed by atoms with E-state index in [1.165, 1.54) is 5.56 Å². The van der Waals surface area contributed by atoms with Gasteiger partial charge in [-0.2, -0.15) is 0 Å². The van der Waals surface area contributed by atoms with Gasteiger partial charge in [0.2, 0.25) is 0 Å². The summed E-state index contributed by atoms with van der Waals surface area (Å²) in [6.07, 6.45) is 0.927. The molecular weight excluding hydrogens is 610 g/mol. The number of hydrogen-bond acceptors (Lipinski definition) is 5. The minimum atomic E-state index is -0.405. The number of aromatic nitrogens is 1. The van der Waals surface area contributed by atoms with Crippen LogP contribution in [0.3, 0.4) is 0 Å². The molecule has 0 aliphatic carbocycles. The Labute approximate surface area is 289 Å². The van der Waals surface area contributed by atoms with Gasteiger partial charge in [0.15, 0.2) is 5.75 Å². The van der Waals surface area contributed by atoms with E-state index in [9.17, 15) is 9.59 Å². The maximum absolute atomic E-state index is 14.8. The van der Waals surface area contributed by atoms with E-state index in [1.54, 1.807) is 0 Å². The van der Waals surface area contributed by atoms with Crippen LogP contribution < -0.4 is 4.89 Å². The first-order valence-electron chi connectivity index (χ1n) is 17.0. The van der Waals surface area contributed by atoms with Crippen molar-refractivity contribution >= 4 is 11.9 Å². The largest absolute Gasteiger partial charge is 0.355 e. The Bertz CT molecular complexity index is 1850. The van der Waals surface area contributed by atoms with Crippen molar-refractivity contribution in [3.63, 3.8) is 0 Å². The number of benzene rings is 4. The van der Waals surface area contributed by atoms with E-state index in [0.717, 1.165) is 47.8 Å². The van der Waals surface area contributed by atoms with Crippen molar-refractivity contribution in [2.75, 3.05) is 19.6 Å². The van der Waals surface area contributed by atoms with E-state index in [2.05, 4.69) is 69.8 Å². The fraction of sp³-hybridized carbons (Fsp3) is 0.286. The van der Waals surface area contributed by atoms with Gasteiger partial charge >= 0.3 is 5.97 Å². The molecule has 1 fully saturated rings. The normalized spacial score (nSPS) is 15.2. The predicted octanol–water partition coefficient (Wildman–Crippen LogP) is 8.30. The molecule has 0 spiro atoms. The van der Waals surface area contributed by atoms with Gasteiger partial charge in [-0.05, 0) is 65.8 Å². The molecule has 0 saturated carbocycles. The van der Waals surface area contributed by atoms with Crippen LogP contribution in [0.1, 0.15) is 54.4 Å². The number of nitrogens with zero attached hydrogens (tertiary/aromatic N) is 3. The van der Waals surface area contributed by atoms with Crippen molar-refractivity contribution in [1.29, 1.82) is 0 Å². The molecule has 7 heteroatoms. The van der Waals surface area contributed by atoms with E-state index in [4.69, 9.17) is 9.78 Å². The molecule has 1 atom stereocenters. The van der Waals surface area contributed by atoms with Gasteiger partial charge in [0.25, 0.3) is 5.91 Å². The van der Waals surface area contributed by atoms with Gasteiger partial charge in [-0.3, -0.25) is 19.5 Å². The molecule has 1 saturated heterocycles. The van der Waals surface area contributed by atoms with Gasteiger partial charge in [-0.1, -0.05) is 112 Å². The highest BCUT2D eigenvalue weighted by Crippen LogP contribution is 2.33. The van der Waals surface area contributed by atoms with Crippen LogP contribution in [0, 0.1) is 12.3 Å². The number of amides is 1. The number of carbonyl (C=O) groups is 2. The molecule has 1 aromatic heterocycles. The second-order valence-electron chi connectivity index (χ2n) is 14.1. The van der Waals surface area contributed by atoms with Crippen LogP contribution in [0.15, 0.2) is 121 Å². The zero-order valence-electron chi connectivity index (χ0n) is 28.8. The average Bonchev–Trinajstić information content (AvgIpc) is 3.45. The molecule has 0 N–H and O–H groups in total. The smallest absolute Gasteiger partial charge is 0.333 e. The topological polar surface area (TPSA) is 64.0 Å².